The van der Waals surface area contributed by atoms with Gasteiger partial charge in [-0.1, -0.05) is 0 Å². The first-order valence-electron chi connectivity index (χ1n) is 10.1. The summed E-state index contributed by atoms with van der Waals surface area (Å²) in [6.45, 7) is 2.17. The van der Waals surface area contributed by atoms with E-state index in [2.05, 4.69) is 5.32 Å². The smallest absolute Gasteiger partial charge is 0.342 e. The molecule has 8 heteroatoms. The van der Waals surface area contributed by atoms with Gasteiger partial charge in [0.05, 0.1) is 33.6 Å². The number of anilines is 1. The lowest BCUT2D eigenvalue weighted by Crippen LogP contribution is -2.21. The zero-order valence-corrected chi connectivity index (χ0v) is 18.0. The molecular formula is C23H28FNO6. The number of hydrogen-bond acceptors (Lipinski definition) is 7. The lowest BCUT2D eigenvalue weighted by Gasteiger charge is -2.22. The summed E-state index contributed by atoms with van der Waals surface area (Å²) in [5.41, 5.74) is 0.924. The molecule has 1 heterocycles. The molecule has 1 saturated heterocycles. The second-order valence-corrected chi connectivity index (χ2v) is 7.22. The van der Waals surface area contributed by atoms with Gasteiger partial charge in [-0.2, -0.15) is 0 Å². The van der Waals surface area contributed by atoms with Crippen LogP contribution >= 0.6 is 0 Å². The van der Waals surface area contributed by atoms with Crippen molar-refractivity contribution in [3.63, 3.8) is 0 Å². The maximum atomic E-state index is 14.8. The Morgan fingerprint density at radius 3 is 2.55 bits per heavy atom. The molecule has 2 aromatic rings. The van der Waals surface area contributed by atoms with E-state index in [0.717, 1.165) is 18.4 Å². The first kappa shape index (κ1) is 22.7. The summed E-state index contributed by atoms with van der Waals surface area (Å²) >= 11 is 0. The Labute approximate surface area is 181 Å². The second kappa shape index (κ2) is 10.9. The van der Waals surface area contributed by atoms with Gasteiger partial charge in [0.1, 0.15) is 28.6 Å². The Hall–Kier alpha value is -3.00. The molecule has 1 fully saturated rings. The van der Waals surface area contributed by atoms with Crippen molar-refractivity contribution in [1.82, 2.24) is 0 Å². The highest BCUT2D eigenvalue weighted by Crippen LogP contribution is 2.30. The minimum atomic E-state index is -0.766. The number of carbonyl (C=O) groups is 1. The molecule has 2 aromatic carbocycles. The number of nitrogens with one attached hydrogen (secondary N) is 1. The Balaban J connectivity index is 1.80. The van der Waals surface area contributed by atoms with Crippen LogP contribution in [0.3, 0.4) is 0 Å². The van der Waals surface area contributed by atoms with Crippen LogP contribution < -0.4 is 19.5 Å². The molecule has 7 nitrogen and oxygen atoms in total. The largest absolute Gasteiger partial charge is 0.497 e. The number of carbonyl (C=O) groups excluding carboxylic acids is 1. The van der Waals surface area contributed by atoms with Crippen LogP contribution in [0, 0.1) is 11.7 Å². The fraction of sp³-hybridized carbons (Fsp3) is 0.435. The van der Waals surface area contributed by atoms with Crippen molar-refractivity contribution < 1.29 is 32.9 Å². The van der Waals surface area contributed by atoms with Gasteiger partial charge in [0, 0.05) is 43.5 Å². The molecule has 0 amide bonds. The minimum Gasteiger partial charge on any atom is -0.497 e. The first-order valence-corrected chi connectivity index (χ1v) is 10.1. The first-order chi connectivity index (χ1) is 15.0. The molecule has 0 spiro atoms. The fourth-order valence-corrected chi connectivity index (χ4v) is 3.43. The van der Waals surface area contributed by atoms with Crippen LogP contribution in [0.1, 0.15) is 28.8 Å². The van der Waals surface area contributed by atoms with Gasteiger partial charge in [-0.25, -0.2) is 9.18 Å². The number of ether oxygens (including phenoxy) is 5. The highest BCUT2D eigenvalue weighted by atomic mass is 19.1. The van der Waals surface area contributed by atoms with E-state index in [4.69, 9.17) is 23.7 Å². The second-order valence-electron chi connectivity index (χ2n) is 7.22. The molecule has 3 rings (SSSR count). The zero-order valence-electron chi connectivity index (χ0n) is 18.0. The van der Waals surface area contributed by atoms with Gasteiger partial charge in [-0.05, 0) is 30.9 Å². The summed E-state index contributed by atoms with van der Waals surface area (Å²) in [6.07, 6.45) is 1.82. The average Bonchev–Trinajstić information content (AvgIpc) is 2.81. The maximum absolute atomic E-state index is 14.8. The van der Waals surface area contributed by atoms with Crippen LogP contribution in [0.5, 0.6) is 17.2 Å². The molecule has 1 aliphatic rings. The molecule has 31 heavy (non-hydrogen) atoms. The molecule has 1 aliphatic heterocycles. The van der Waals surface area contributed by atoms with Gasteiger partial charge in [0.15, 0.2) is 0 Å². The minimum absolute atomic E-state index is 0.173. The van der Waals surface area contributed by atoms with Gasteiger partial charge < -0.3 is 29.0 Å². The van der Waals surface area contributed by atoms with E-state index >= 15 is 0 Å². The summed E-state index contributed by atoms with van der Waals surface area (Å²) in [4.78, 5) is 12.2. The fourth-order valence-electron chi connectivity index (χ4n) is 3.43. The number of hydrogen-bond donors (Lipinski definition) is 1. The van der Waals surface area contributed by atoms with Crippen LogP contribution in [0.15, 0.2) is 30.3 Å². The molecule has 0 unspecified atom stereocenters. The van der Waals surface area contributed by atoms with E-state index in [1.807, 2.05) is 6.07 Å². The molecule has 0 aromatic heterocycles. The van der Waals surface area contributed by atoms with E-state index in [9.17, 15) is 9.18 Å². The lowest BCUT2D eigenvalue weighted by atomic mass is 10.0. The Kier molecular flexibility index (Phi) is 7.94. The van der Waals surface area contributed by atoms with Crippen molar-refractivity contribution in [2.75, 3.05) is 46.5 Å². The summed E-state index contributed by atoms with van der Waals surface area (Å²) in [5, 5.41) is 3.11. The van der Waals surface area contributed by atoms with Gasteiger partial charge >= 0.3 is 5.97 Å². The summed E-state index contributed by atoms with van der Waals surface area (Å²) < 4.78 is 41.4. The Morgan fingerprint density at radius 2 is 1.87 bits per heavy atom. The van der Waals surface area contributed by atoms with Gasteiger partial charge in [-0.15, -0.1) is 0 Å². The normalized spacial score (nSPS) is 14.1. The van der Waals surface area contributed by atoms with Crippen LogP contribution in [0.25, 0.3) is 0 Å². The van der Waals surface area contributed by atoms with Crippen molar-refractivity contribution in [1.29, 1.82) is 0 Å². The molecule has 0 bridgehead atoms. The number of benzene rings is 2. The molecule has 0 radical (unpaired) electrons. The molecule has 0 saturated carbocycles. The third kappa shape index (κ3) is 5.79. The van der Waals surface area contributed by atoms with Gasteiger partial charge in [0.2, 0.25) is 0 Å². The predicted octanol–water partition coefficient (Wildman–Crippen LogP) is 4.05. The SMILES string of the molecule is COC(=O)c1c(F)cc(OCC2CCOCC2)cc1NCc1ccc(OC)cc1OC. The topological polar surface area (TPSA) is 75.3 Å². The summed E-state index contributed by atoms with van der Waals surface area (Å²) in [7, 11) is 4.35. The molecule has 168 valence electrons. The van der Waals surface area contributed by atoms with E-state index in [1.54, 1.807) is 32.4 Å². The molecule has 0 atom stereocenters. The third-order valence-electron chi connectivity index (χ3n) is 5.24. The zero-order chi connectivity index (χ0) is 22.2. The monoisotopic (exact) mass is 433 g/mol. The average molecular weight is 433 g/mol. The van der Waals surface area contributed by atoms with E-state index in [1.165, 1.54) is 13.2 Å². The Morgan fingerprint density at radius 1 is 1.10 bits per heavy atom. The summed E-state index contributed by atoms with van der Waals surface area (Å²) in [6, 6.07) is 8.22. The van der Waals surface area contributed by atoms with Crippen molar-refractivity contribution in [3.8, 4) is 17.2 Å². The van der Waals surface area contributed by atoms with Gasteiger partial charge in [0.25, 0.3) is 0 Å². The van der Waals surface area contributed by atoms with Crippen molar-refractivity contribution in [2.24, 2.45) is 5.92 Å². The quantitative estimate of drug-likeness (QED) is 0.598. The number of methoxy groups -OCH3 is 3. The molecular weight excluding hydrogens is 405 g/mol. The van der Waals surface area contributed by atoms with Crippen molar-refractivity contribution in [2.45, 2.75) is 19.4 Å². The van der Waals surface area contributed by atoms with E-state index in [0.29, 0.717) is 49.5 Å². The standard InChI is InChI=1S/C23H28FNO6/c1-27-17-5-4-16(21(12-17)28-2)13-25-20-11-18(10-19(24)22(20)23(26)29-3)31-14-15-6-8-30-9-7-15/h4-5,10-12,15,25H,6-9,13-14H2,1-3H3. The molecule has 0 aliphatic carbocycles. The number of rotatable bonds is 9. The van der Waals surface area contributed by atoms with Crippen LogP contribution in [-0.4, -0.2) is 47.1 Å². The maximum Gasteiger partial charge on any atom is 0.342 e. The Bertz CT molecular complexity index is 898. The van der Waals surface area contributed by atoms with Crippen LogP contribution in [-0.2, 0) is 16.0 Å². The highest BCUT2D eigenvalue weighted by Gasteiger charge is 2.21. The third-order valence-corrected chi connectivity index (χ3v) is 5.24. The van der Waals surface area contributed by atoms with Gasteiger partial charge in [-0.3, -0.25) is 0 Å². The lowest BCUT2D eigenvalue weighted by molar-refractivity contribution is 0.0496. The number of halogens is 1. The van der Waals surface area contributed by atoms with Crippen molar-refractivity contribution in [3.05, 3.63) is 47.3 Å². The van der Waals surface area contributed by atoms with E-state index < -0.39 is 11.8 Å². The summed E-state index contributed by atoms with van der Waals surface area (Å²) in [5.74, 6) is 0.500. The predicted molar refractivity (Wildman–Crippen MR) is 114 cm³/mol. The van der Waals surface area contributed by atoms with Crippen LogP contribution in [0.2, 0.25) is 0 Å². The number of esters is 1. The van der Waals surface area contributed by atoms with Crippen molar-refractivity contribution >= 4 is 11.7 Å². The molecule has 1 N–H and O–H groups in total. The van der Waals surface area contributed by atoms with Crippen LogP contribution in [0.4, 0.5) is 10.1 Å². The van der Waals surface area contributed by atoms with E-state index in [-0.39, 0.29) is 11.3 Å². The highest BCUT2D eigenvalue weighted by molar-refractivity contribution is 5.96.